The lowest BCUT2D eigenvalue weighted by atomic mass is 9.91. The first-order chi connectivity index (χ1) is 11.0. The summed E-state index contributed by atoms with van der Waals surface area (Å²) in [4.78, 5) is 16.5. The highest BCUT2D eigenvalue weighted by Crippen LogP contribution is 2.22. The Morgan fingerprint density at radius 1 is 1.13 bits per heavy atom. The molecule has 5 nitrogen and oxygen atoms in total. The minimum atomic E-state index is -0.587. The molecule has 5 heteroatoms. The second-order valence-electron chi connectivity index (χ2n) is 7.85. The maximum absolute atomic E-state index is 12.3. The summed E-state index contributed by atoms with van der Waals surface area (Å²) < 4.78 is 0. The molecule has 1 saturated heterocycles. The van der Waals surface area contributed by atoms with Crippen molar-refractivity contribution in [2.24, 2.45) is 0 Å². The van der Waals surface area contributed by atoms with Crippen molar-refractivity contribution >= 4 is 5.91 Å². The van der Waals surface area contributed by atoms with Crippen LogP contribution >= 0.6 is 0 Å². The van der Waals surface area contributed by atoms with Crippen molar-refractivity contribution in [2.45, 2.75) is 69.4 Å². The van der Waals surface area contributed by atoms with Crippen LogP contribution in [0.5, 0.6) is 0 Å². The van der Waals surface area contributed by atoms with Crippen molar-refractivity contribution in [3.05, 3.63) is 0 Å². The van der Waals surface area contributed by atoms with E-state index >= 15 is 0 Å². The van der Waals surface area contributed by atoms with E-state index in [1.165, 1.54) is 32.1 Å². The van der Waals surface area contributed by atoms with Gasteiger partial charge in [-0.15, -0.1) is 0 Å². The fourth-order valence-electron chi connectivity index (χ4n) is 3.95. The molecule has 0 aromatic rings. The van der Waals surface area contributed by atoms with E-state index in [2.05, 4.69) is 10.2 Å². The predicted octanol–water partition coefficient (Wildman–Crippen LogP) is 1.60. The molecule has 2 fully saturated rings. The number of hydrogen-bond acceptors (Lipinski definition) is 4. The van der Waals surface area contributed by atoms with E-state index in [0.717, 1.165) is 38.8 Å². The van der Waals surface area contributed by atoms with Gasteiger partial charge in [-0.2, -0.15) is 0 Å². The van der Waals surface area contributed by atoms with Crippen LogP contribution in [0.4, 0.5) is 0 Å². The predicted molar refractivity (Wildman–Crippen MR) is 93.4 cm³/mol. The Morgan fingerprint density at radius 2 is 1.70 bits per heavy atom. The van der Waals surface area contributed by atoms with E-state index in [9.17, 15) is 9.90 Å². The quantitative estimate of drug-likeness (QED) is 0.806. The van der Waals surface area contributed by atoms with Crippen molar-refractivity contribution < 1.29 is 9.90 Å². The Morgan fingerprint density at radius 3 is 2.26 bits per heavy atom. The van der Waals surface area contributed by atoms with Gasteiger partial charge in [0.05, 0.1) is 12.1 Å². The summed E-state index contributed by atoms with van der Waals surface area (Å²) >= 11 is 0. The van der Waals surface area contributed by atoms with Crippen LogP contribution in [-0.2, 0) is 4.79 Å². The highest BCUT2D eigenvalue weighted by molar-refractivity contribution is 5.78. The van der Waals surface area contributed by atoms with E-state index in [0.29, 0.717) is 19.1 Å². The fraction of sp³-hybridized carbons (Fsp3) is 0.944. The van der Waals surface area contributed by atoms with E-state index in [4.69, 9.17) is 0 Å². The van der Waals surface area contributed by atoms with Crippen LogP contribution in [-0.4, -0.2) is 72.7 Å². The SMILES string of the molecule is CN(C)CC1(O)CCN(CC(=O)NC2CCCCCCC2)CC1. The molecule has 0 radical (unpaired) electrons. The molecule has 1 heterocycles. The molecule has 0 atom stereocenters. The van der Waals surface area contributed by atoms with Crippen LogP contribution in [0.3, 0.4) is 0 Å². The van der Waals surface area contributed by atoms with Gasteiger partial charge in [-0.25, -0.2) is 0 Å². The van der Waals surface area contributed by atoms with Gasteiger partial charge >= 0.3 is 0 Å². The third kappa shape index (κ3) is 6.77. The fourth-order valence-corrected chi connectivity index (χ4v) is 3.95. The van der Waals surface area contributed by atoms with Crippen LogP contribution in [0.25, 0.3) is 0 Å². The van der Waals surface area contributed by atoms with Crippen LogP contribution < -0.4 is 5.32 Å². The number of hydrogen-bond donors (Lipinski definition) is 2. The Labute approximate surface area is 141 Å². The molecule has 0 unspecified atom stereocenters. The number of likely N-dealkylation sites (N-methyl/N-ethyl adjacent to an activating group) is 1. The molecule has 2 N–H and O–H groups in total. The van der Waals surface area contributed by atoms with Gasteiger partial charge in [0.2, 0.25) is 5.91 Å². The Hall–Kier alpha value is -0.650. The first-order valence-electron chi connectivity index (χ1n) is 9.36. The molecule has 0 aromatic carbocycles. The zero-order chi connectivity index (χ0) is 16.7. The molecular weight excluding hydrogens is 290 g/mol. The second-order valence-corrected chi connectivity index (χ2v) is 7.85. The molecule has 1 aliphatic heterocycles. The highest BCUT2D eigenvalue weighted by Gasteiger charge is 2.33. The Bertz CT molecular complexity index is 357. The number of rotatable bonds is 5. The number of aliphatic hydroxyl groups is 1. The van der Waals surface area contributed by atoms with Gasteiger partial charge in [-0.05, 0) is 39.8 Å². The zero-order valence-electron chi connectivity index (χ0n) is 15.0. The van der Waals surface area contributed by atoms with Crippen LogP contribution in [0, 0.1) is 0 Å². The first-order valence-corrected chi connectivity index (χ1v) is 9.36. The van der Waals surface area contributed by atoms with Gasteiger partial charge in [0.1, 0.15) is 0 Å². The van der Waals surface area contributed by atoms with Crippen LogP contribution in [0.1, 0.15) is 57.8 Å². The summed E-state index contributed by atoms with van der Waals surface area (Å²) in [6, 6.07) is 0.373. The van der Waals surface area contributed by atoms with Gasteiger partial charge in [0.25, 0.3) is 0 Å². The normalized spacial score (nSPS) is 24.2. The monoisotopic (exact) mass is 325 g/mol. The first kappa shape index (κ1) is 18.7. The molecule has 2 rings (SSSR count). The molecule has 1 saturated carbocycles. The highest BCUT2D eigenvalue weighted by atomic mass is 16.3. The minimum Gasteiger partial charge on any atom is -0.388 e. The third-order valence-electron chi connectivity index (χ3n) is 5.23. The lowest BCUT2D eigenvalue weighted by Gasteiger charge is -2.39. The number of amides is 1. The zero-order valence-corrected chi connectivity index (χ0v) is 15.0. The molecule has 134 valence electrons. The second kappa shape index (κ2) is 9.00. The molecule has 23 heavy (non-hydrogen) atoms. The summed E-state index contributed by atoms with van der Waals surface area (Å²) in [5, 5.41) is 13.8. The number of nitrogens with zero attached hydrogens (tertiary/aromatic N) is 2. The topological polar surface area (TPSA) is 55.8 Å². The van der Waals surface area contributed by atoms with E-state index < -0.39 is 5.60 Å². The summed E-state index contributed by atoms with van der Waals surface area (Å²) in [7, 11) is 3.99. The molecule has 0 aromatic heterocycles. The lowest BCUT2D eigenvalue weighted by molar-refractivity contribution is -0.124. The van der Waals surface area contributed by atoms with E-state index in [1.807, 2.05) is 19.0 Å². The van der Waals surface area contributed by atoms with Gasteiger partial charge in [-0.3, -0.25) is 9.69 Å². The van der Waals surface area contributed by atoms with E-state index in [-0.39, 0.29) is 5.91 Å². The molecule has 0 bridgehead atoms. The van der Waals surface area contributed by atoms with Gasteiger partial charge in [0.15, 0.2) is 0 Å². The number of nitrogens with one attached hydrogen (secondary N) is 1. The van der Waals surface area contributed by atoms with Crippen molar-refractivity contribution in [3.63, 3.8) is 0 Å². The molecule has 1 aliphatic carbocycles. The maximum atomic E-state index is 12.3. The van der Waals surface area contributed by atoms with E-state index in [1.54, 1.807) is 0 Å². The summed E-state index contributed by atoms with van der Waals surface area (Å²) in [5.74, 6) is 0.161. The van der Waals surface area contributed by atoms with Gasteiger partial charge in [-0.1, -0.05) is 32.1 Å². The summed E-state index contributed by atoms with van der Waals surface area (Å²) in [6.45, 7) is 2.80. The smallest absolute Gasteiger partial charge is 0.234 e. The molecule has 2 aliphatic rings. The molecule has 0 spiro atoms. The average Bonchev–Trinajstić information content (AvgIpc) is 2.43. The van der Waals surface area contributed by atoms with Crippen molar-refractivity contribution in [1.29, 1.82) is 0 Å². The Balaban J connectivity index is 1.69. The van der Waals surface area contributed by atoms with Crippen LogP contribution in [0.15, 0.2) is 0 Å². The number of likely N-dealkylation sites (tertiary alicyclic amines) is 1. The third-order valence-corrected chi connectivity index (χ3v) is 5.23. The summed E-state index contributed by atoms with van der Waals surface area (Å²) in [5.41, 5.74) is -0.587. The number of piperidine rings is 1. The Kier molecular flexibility index (Phi) is 7.31. The van der Waals surface area contributed by atoms with Gasteiger partial charge < -0.3 is 15.3 Å². The van der Waals surface area contributed by atoms with Crippen LogP contribution in [0.2, 0.25) is 0 Å². The number of carbonyl (C=O) groups is 1. The largest absolute Gasteiger partial charge is 0.388 e. The van der Waals surface area contributed by atoms with Crippen molar-refractivity contribution in [3.8, 4) is 0 Å². The average molecular weight is 325 g/mol. The number of carbonyl (C=O) groups excluding carboxylic acids is 1. The molecular formula is C18H35N3O2. The maximum Gasteiger partial charge on any atom is 0.234 e. The molecule has 1 amide bonds. The van der Waals surface area contributed by atoms with Crippen molar-refractivity contribution in [2.75, 3.05) is 40.3 Å². The van der Waals surface area contributed by atoms with Gasteiger partial charge in [0, 0.05) is 25.7 Å². The minimum absolute atomic E-state index is 0.161. The summed E-state index contributed by atoms with van der Waals surface area (Å²) in [6.07, 6.45) is 10.2. The standard InChI is InChI=1S/C18H35N3O2/c1-20(2)15-18(23)10-12-21(13-11-18)14-17(22)19-16-8-6-4-3-5-7-9-16/h16,23H,3-15H2,1-2H3,(H,19,22). The lowest BCUT2D eigenvalue weighted by Crippen LogP contribution is -2.52. The van der Waals surface area contributed by atoms with Crippen molar-refractivity contribution in [1.82, 2.24) is 15.1 Å².